The van der Waals surface area contributed by atoms with E-state index < -0.39 is 5.60 Å². The summed E-state index contributed by atoms with van der Waals surface area (Å²) in [5.41, 5.74) is 0.693. The van der Waals surface area contributed by atoms with Crippen LogP contribution in [0.4, 0.5) is 5.95 Å². The average Bonchev–Trinajstić information content (AvgIpc) is 2.32. The lowest BCUT2D eigenvalue weighted by atomic mass is 9.71. The molecular weight excluding hydrogens is 226 g/mol. The molecule has 2 rings (SSSR count). The Morgan fingerprint density at radius 2 is 1.94 bits per heavy atom. The Morgan fingerprint density at radius 3 is 2.56 bits per heavy atom. The van der Waals surface area contributed by atoms with Crippen molar-refractivity contribution in [1.82, 2.24) is 9.97 Å². The maximum Gasteiger partial charge on any atom is 0.222 e. The summed E-state index contributed by atoms with van der Waals surface area (Å²) < 4.78 is 0. The lowest BCUT2D eigenvalue weighted by molar-refractivity contribution is -0.0146. The Bertz CT molecular complexity index is 407. The molecule has 1 aliphatic rings. The van der Waals surface area contributed by atoms with Crippen molar-refractivity contribution >= 4 is 5.95 Å². The molecule has 0 aliphatic heterocycles. The van der Waals surface area contributed by atoms with Crippen molar-refractivity contribution in [3.8, 4) is 0 Å². The predicted octanol–water partition coefficient (Wildman–Crippen LogP) is 2.53. The van der Waals surface area contributed by atoms with Crippen LogP contribution >= 0.6 is 0 Å². The standard InChI is InChI=1S/C14H23N3O/c1-11-4-9-15-12(17-11)16-10-14(18)7-5-13(2,3)6-8-14/h4,9,18H,5-8,10H2,1-3H3,(H,15,16,17). The minimum atomic E-state index is -0.609. The summed E-state index contributed by atoms with van der Waals surface area (Å²) in [6.45, 7) is 7.00. The summed E-state index contributed by atoms with van der Waals surface area (Å²) in [5.74, 6) is 0.605. The van der Waals surface area contributed by atoms with E-state index in [1.165, 1.54) is 0 Å². The van der Waals surface area contributed by atoms with Crippen LogP contribution in [-0.2, 0) is 0 Å². The fourth-order valence-corrected chi connectivity index (χ4v) is 2.35. The van der Waals surface area contributed by atoms with Gasteiger partial charge in [0, 0.05) is 18.4 Å². The van der Waals surface area contributed by atoms with Crippen molar-refractivity contribution in [2.75, 3.05) is 11.9 Å². The number of aromatic nitrogens is 2. The highest BCUT2D eigenvalue weighted by molar-refractivity contribution is 5.25. The number of hydrogen-bond donors (Lipinski definition) is 2. The van der Waals surface area contributed by atoms with E-state index in [1.54, 1.807) is 6.20 Å². The summed E-state index contributed by atoms with van der Waals surface area (Å²) in [6.07, 6.45) is 5.57. The Morgan fingerprint density at radius 1 is 1.28 bits per heavy atom. The third kappa shape index (κ3) is 3.42. The Labute approximate surface area is 109 Å². The molecule has 1 fully saturated rings. The van der Waals surface area contributed by atoms with Gasteiger partial charge in [-0.25, -0.2) is 9.97 Å². The van der Waals surface area contributed by atoms with Gasteiger partial charge in [0.25, 0.3) is 0 Å². The zero-order valence-corrected chi connectivity index (χ0v) is 11.5. The van der Waals surface area contributed by atoms with Gasteiger partial charge in [0.15, 0.2) is 0 Å². The first-order valence-electron chi connectivity index (χ1n) is 6.65. The second-order valence-corrected chi connectivity index (χ2v) is 6.26. The van der Waals surface area contributed by atoms with Gasteiger partial charge >= 0.3 is 0 Å². The van der Waals surface area contributed by atoms with Crippen molar-refractivity contribution in [2.45, 2.75) is 52.1 Å². The van der Waals surface area contributed by atoms with E-state index in [2.05, 4.69) is 29.1 Å². The van der Waals surface area contributed by atoms with Crippen LogP contribution in [0.15, 0.2) is 12.3 Å². The molecule has 0 atom stereocenters. The zero-order valence-electron chi connectivity index (χ0n) is 11.5. The molecule has 4 nitrogen and oxygen atoms in total. The number of aliphatic hydroxyl groups is 1. The number of rotatable bonds is 3. The summed E-state index contributed by atoms with van der Waals surface area (Å²) in [4.78, 5) is 8.43. The Hall–Kier alpha value is -1.16. The van der Waals surface area contributed by atoms with Crippen LogP contribution in [-0.4, -0.2) is 27.2 Å². The van der Waals surface area contributed by atoms with Crippen LogP contribution in [0.2, 0.25) is 0 Å². The molecule has 1 heterocycles. The smallest absolute Gasteiger partial charge is 0.222 e. The molecule has 100 valence electrons. The van der Waals surface area contributed by atoms with Gasteiger partial charge in [-0.05, 0) is 44.1 Å². The van der Waals surface area contributed by atoms with Crippen LogP contribution in [0.25, 0.3) is 0 Å². The normalized spacial score (nSPS) is 21.6. The summed E-state index contributed by atoms with van der Waals surface area (Å²) >= 11 is 0. The predicted molar refractivity (Wildman–Crippen MR) is 72.5 cm³/mol. The first-order chi connectivity index (χ1) is 8.39. The van der Waals surface area contributed by atoms with Crippen LogP contribution in [0.1, 0.15) is 45.2 Å². The molecular formula is C14H23N3O. The van der Waals surface area contributed by atoms with Gasteiger partial charge in [0.1, 0.15) is 0 Å². The molecule has 0 spiro atoms. The zero-order chi connectivity index (χ0) is 13.2. The molecule has 1 aromatic heterocycles. The van der Waals surface area contributed by atoms with Crippen molar-refractivity contribution < 1.29 is 5.11 Å². The van der Waals surface area contributed by atoms with E-state index >= 15 is 0 Å². The molecule has 2 N–H and O–H groups in total. The van der Waals surface area contributed by atoms with Crippen LogP contribution < -0.4 is 5.32 Å². The fourth-order valence-electron chi connectivity index (χ4n) is 2.35. The first-order valence-corrected chi connectivity index (χ1v) is 6.65. The minimum absolute atomic E-state index is 0.367. The Balaban J connectivity index is 1.90. The van der Waals surface area contributed by atoms with Gasteiger partial charge in [-0.1, -0.05) is 13.8 Å². The molecule has 0 bridgehead atoms. The van der Waals surface area contributed by atoms with Crippen molar-refractivity contribution in [2.24, 2.45) is 5.41 Å². The maximum atomic E-state index is 10.5. The topological polar surface area (TPSA) is 58.0 Å². The molecule has 0 unspecified atom stereocenters. The lowest BCUT2D eigenvalue weighted by Crippen LogP contribution is -2.42. The van der Waals surface area contributed by atoms with Gasteiger partial charge < -0.3 is 10.4 Å². The van der Waals surface area contributed by atoms with Crippen molar-refractivity contribution in [3.63, 3.8) is 0 Å². The number of hydrogen-bond acceptors (Lipinski definition) is 4. The highest BCUT2D eigenvalue weighted by atomic mass is 16.3. The van der Waals surface area contributed by atoms with E-state index in [0.29, 0.717) is 17.9 Å². The SMILES string of the molecule is Cc1ccnc(NCC2(O)CCC(C)(C)CC2)n1. The monoisotopic (exact) mass is 249 g/mol. The van der Waals surface area contributed by atoms with Crippen molar-refractivity contribution in [1.29, 1.82) is 0 Å². The number of aryl methyl sites for hydroxylation is 1. The van der Waals surface area contributed by atoms with E-state index in [4.69, 9.17) is 0 Å². The number of anilines is 1. The van der Waals surface area contributed by atoms with Crippen LogP contribution in [0.5, 0.6) is 0 Å². The molecule has 0 saturated heterocycles. The molecule has 0 amide bonds. The highest BCUT2D eigenvalue weighted by Crippen LogP contribution is 2.40. The lowest BCUT2D eigenvalue weighted by Gasteiger charge is -2.40. The molecule has 0 radical (unpaired) electrons. The van der Waals surface area contributed by atoms with Crippen LogP contribution in [0, 0.1) is 12.3 Å². The third-order valence-electron chi connectivity index (χ3n) is 3.90. The molecule has 0 aromatic carbocycles. The first kappa shape index (κ1) is 13.3. The largest absolute Gasteiger partial charge is 0.388 e. The quantitative estimate of drug-likeness (QED) is 0.864. The van der Waals surface area contributed by atoms with Crippen molar-refractivity contribution in [3.05, 3.63) is 18.0 Å². The molecule has 18 heavy (non-hydrogen) atoms. The molecule has 1 aromatic rings. The highest BCUT2D eigenvalue weighted by Gasteiger charge is 2.36. The van der Waals surface area contributed by atoms with Gasteiger partial charge in [-0.15, -0.1) is 0 Å². The maximum absolute atomic E-state index is 10.5. The van der Waals surface area contributed by atoms with Gasteiger partial charge in [0.05, 0.1) is 5.60 Å². The Kier molecular flexibility index (Phi) is 3.57. The van der Waals surface area contributed by atoms with E-state index in [9.17, 15) is 5.11 Å². The average molecular weight is 249 g/mol. The number of nitrogens with zero attached hydrogens (tertiary/aromatic N) is 2. The minimum Gasteiger partial charge on any atom is -0.388 e. The molecule has 1 saturated carbocycles. The van der Waals surface area contributed by atoms with E-state index in [-0.39, 0.29) is 0 Å². The second-order valence-electron chi connectivity index (χ2n) is 6.26. The van der Waals surface area contributed by atoms with Gasteiger partial charge in [-0.3, -0.25) is 0 Å². The van der Waals surface area contributed by atoms with Gasteiger partial charge in [-0.2, -0.15) is 0 Å². The molecule has 4 heteroatoms. The fraction of sp³-hybridized carbons (Fsp3) is 0.714. The summed E-state index contributed by atoms with van der Waals surface area (Å²) in [7, 11) is 0. The number of nitrogens with one attached hydrogen (secondary N) is 1. The van der Waals surface area contributed by atoms with E-state index in [1.807, 2.05) is 13.0 Å². The van der Waals surface area contributed by atoms with Crippen LogP contribution in [0.3, 0.4) is 0 Å². The van der Waals surface area contributed by atoms with E-state index in [0.717, 1.165) is 31.4 Å². The second kappa shape index (κ2) is 4.84. The summed E-state index contributed by atoms with van der Waals surface area (Å²) in [6, 6.07) is 1.86. The molecule has 1 aliphatic carbocycles. The third-order valence-corrected chi connectivity index (χ3v) is 3.90. The van der Waals surface area contributed by atoms with Gasteiger partial charge in [0.2, 0.25) is 5.95 Å². The summed E-state index contributed by atoms with van der Waals surface area (Å²) in [5, 5.41) is 13.7.